The molecule has 0 amide bonds. The predicted octanol–water partition coefficient (Wildman–Crippen LogP) is 0.340. The molecule has 0 unspecified atom stereocenters. The minimum atomic E-state index is 0.120. The van der Waals surface area contributed by atoms with Gasteiger partial charge in [-0.2, -0.15) is 5.26 Å². The highest BCUT2D eigenvalue weighted by atomic mass is 32.1. The SMILES string of the molecule is CN.N#CN/C(N)=N\c1cccs1. The third-order valence-corrected chi connectivity index (χ3v) is 1.68. The summed E-state index contributed by atoms with van der Waals surface area (Å²) >= 11 is 1.46. The van der Waals surface area contributed by atoms with Crippen LogP contribution in [0.25, 0.3) is 0 Å². The van der Waals surface area contributed by atoms with Crippen LogP contribution in [-0.2, 0) is 0 Å². The molecule has 70 valence electrons. The van der Waals surface area contributed by atoms with E-state index in [4.69, 9.17) is 11.0 Å². The van der Waals surface area contributed by atoms with E-state index >= 15 is 0 Å². The van der Waals surface area contributed by atoms with Gasteiger partial charge in [0.1, 0.15) is 5.00 Å². The first kappa shape index (κ1) is 11.4. The Morgan fingerprint density at radius 1 is 1.69 bits per heavy atom. The van der Waals surface area contributed by atoms with Crippen molar-refractivity contribution in [3.63, 3.8) is 0 Å². The Kier molecular flexibility index (Phi) is 6.23. The lowest BCUT2D eigenvalue weighted by Gasteiger charge is -1.91. The van der Waals surface area contributed by atoms with Crippen molar-refractivity contribution in [2.75, 3.05) is 7.05 Å². The summed E-state index contributed by atoms with van der Waals surface area (Å²) in [6.07, 6.45) is 1.68. The summed E-state index contributed by atoms with van der Waals surface area (Å²) in [7, 11) is 1.50. The van der Waals surface area contributed by atoms with Crippen molar-refractivity contribution in [3.8, 4) is 6.19 Å². The smallest absolute Gasteiger partial charge is 0.208 e. The average Bonchev–Trinajstić information content (AvgIpc) is 2.61. The standard InChI is InChI=1S/C6H6N4S.CH5N/c7-4-9-6(8)10-5-2-1-3-11-5;1-2/h1-3H,(H3,8,9,10);2H2,1H3. The number of hydrogen-bond donors (Lipinski definition) is 3. The molecule has 0 bridgehead atoms. The minimum Gasteiger partial charge on any atom is -0.369 e. The molecule has 0 fully saturated rings. The maximum atomic E-state index is 8.15. The van der Waals surface area contributed by atoms with Crippen LogP contribution in [0.1, 0.15) is 0 Å². The van der Waals surface area contributed by atoms with E-state index in [1.807, 2.05) is 17.5 Å². The van der Waals surface area contributed by atoms with Crippen LogP contribution in [0.3, 0.4) is 0 Å². The zero-order valence-corrected chi connectivity index (χ0v) is 8.01. The molecular weight excluding hydrogens is 186 g/mol. The maximum absolute atomic E-state index is 8.15. The third kappa shape index (κ3) is 4.79. The van der Waals surface area contributed by atoms with Crippen molar-refractivity contribution in [1.82, 2.24) is 5.32 Å². The fourth-order valence-corrected chi connectivity index (χ4v) is 1.14. The molecule has 0 atom stereocenters. The molecule has 1 aromatic rings. The van der Waals surface area contributed by atoms with Gasteiger partial charge in [-0.1, -0.05) is 0 Å². The Bertz CT molecular complexity index is 284. The molecule has 0 aliphatic heterocycles. The number of nitriles is 1. The van der Waals surface area contributed by atoms with Crippen molar-refractivity contribution >= 4 is 22.3 Å². The van der Waals surface area contributed by atoms with E-state index < -0.39 is 0 Å². The van der Waals surface area contributed by atoms with Crippen LogP contribution in [0.15, 0.2) is 22.5 Å². The van der Waals surface area contributed by atoms with Crippen molar-refractivity contribution in [2.24, 2.45) is 16.5 Å². The average molecular weight is 197 g/mol. The molecular formula is C7H11N5S. The van der Waals surface area contributed by atoms with Crippen LogP contribution in [0.4, 0.5) is 5.00 Å². The van der Waals surface area contributed by atoms with E-state index in [0.717, 1.165) is 5.00 Å². The molecule has 1 aromatic heterocycles. The van der Waals surface area contributed by atoms with Gasteiger partial charge in [0.05, 0.1) is 0 Å². The number of aliphatic imine (C=N–C) groups is 1. The Morgan fingerprint density at radius 2 is 2.38 bits per heavy atom. The summed E-state index contributed by atoms with van der Waals surface area (Å²) in [5.41, 5.74) is 9.80. The zero-order valence-electron chi connectivity index (χ0n) is 7.19. The second kappa shape index (κ2) is 7.09. The molecule has 0 aliphatic carbocycles. The zero-order chi connectivity index (χ0) is 10.1. The Morgan fingerprint density at radius 3 is 2.85 bits per heavy atom. The van der Waals surface area contributed by atoms with Gasteiger partial charge in [-0.3, -0.25) is 5.32 Å². The van der Waals surface area contributed by atoms with Gasteiger partial charge in [0, 0.05) is 0 Å². The molecule has 0 saturated carbocycles. The molecule has 0 radical (unpaired) electrons. The van der Waals surface area contributed by atoms with E-state index in [9.17, 15) is 0 Å². The van der Waals surface area contributed by atoms with Crippen molar-refractivity contribution in [1.29, 1.82) is 5.26 Å². The molecule has 5 nitrogen and oxygen atoms in total. The van der Waals surface area contributed by atoms with Crippen LogP contribution in [0, 0.1) is 11.5 Å². The van der Waals surface area contributed by atoms with Gasteiger partial charge in [-0.25, -0.2) is 4.99 Å². The number of nitrogens with zero attached hydrogens (tertiary/aromatic N) is 2. The molecule has 0 aliphatic rings. The second-order valence-corrected chi connectivity index (χ2v) is 2.61. The van der Waals surface area contributed by atoms with E-state index in [1.165, 1.54) is 18.4 Å². The van der Waals surface area contributed by atoms with Gasteiger partial charge < -0.3 is 11.5 Å². The number of thiophene rings is 1. The first-order valence-corrected chi connectivity index (χ1v) is 4.31. The van der Waals surface area contributed by atoms with Crippen LogP contribution in [0.5, 0.6) is 0 Å². The van der Waals surface area contributed by atoms with Gasteiger partial charge in [0.15, 0.2) is 6.19 Å². The summed E-state index contributed by atoms with van der Waals surface area (Å²) in [5.74, 6) is 0.120. The number of rotatable bonds is 1. The first-order chi connectivity index (χ1) is 6.33. The van der Waals surface area contributed by atoms with Crippen molar-refractivity contribution in [2.45, 2.75) is 0 Å². The quantitative estimate of drug-likeness (QED) is 0.261. The number of nitrogens with two attached hydrogens (primary N) is 2. The fraction of sp³-hybridized carbons (Fsp3) is 0.143. The van der Waals surface area contributed by atoms with Gasteiger partial charge in [-0.05, 0) is 24.6 Å². The van der Waals surface area contributed by atoms with Crippen LogP contribution < -0.4 is 16.8 Å². The molecule has 0 saturated heterocycles. The molecule has 13 heavy (non-hydrogen) atoms. The Balaban J connectivity index is 0.000000671. The van der Waals surface area contributed by atoms with Crippen LogP contribution >= 0.6 is 11.3 Å². The molecule has 0 aromatic carbocycles. The number of hydrogen-bond acceptors (Lipinski definition) is 4. The normalized spacial score (nSPS) is 9.46. The maximum Gasteiger partial charge on any atom is 0.208 e. The van der Waals surface area contributed by atoms with Crippen molar-refractivity contribution in [3.05, 3.63) is 17.5 Å². The highest BCUT2D eigenvalue weighted by Crippen LogP contribution is 2.18. The van der Waals surface area contributed by atoms with E-state index in [2.05, 4.69) is 16.0 Å². The highest BCUT2D eigenvalue weighted by Gasteiger charge is 1.90. The largest absolute Gasteiger partial charge is 0.369 e. The molecule has 1 rings (SSSR count). The lowest BCUT2D eigenvalue weighted by Crippen LogP contribution is -2.26. The summed E-state index contributed by atoms with van der Waals surface area (Å²) in [6.45, 7) is 0. The number of nitrogens with one attached hydrogen (secondary N) is 1. The van der Waals surface area contributed by atoms with Gasteiger partial charge in [0.2, 0.25) is 5.96 Å². The van der Waals surface area contributed by atoms with Crippen molar-refractivity contribution < 1.29 is 0 Å². The van der Waals surface area contributed by atoms with Crippen LogP contribution in [0.2, 0.25) is 0 Å². The minimum absolute atomic E-state index is 0.120. The Hall–Kier alpha value is -1.58. The Labute approximate surface area is 80.7 Å². The summed E-state index contributed by atoms with van der Waals surface area (Å²) in [4.78, 5) is 3.89. The molecule has 1 heterocycles. The lowest BCUT2D eigenvalue weighted by atomic mass is 10.6. The monoisotopic (exact) mass is 197 g/mol. The topological polar surface area (TPSA) is 100 Å². The number of guanidine groups is 1. The van der Waals surface area contributed by atoms with E-state index in [0.29, 0.717) is 0 Å². The van der Waals surface area contributed by atoms with E-state index in [-0.39, 0.29) is 5.96 Å². The third-order valence-electron chi connectivity index (χ3n) is 0.921. The molecule has 5 N–H and O–H groups in total. The fourth-order valence-electron chi connectivity index (χ4n) is 0.537. The summed E-state index contributed by atoms with van der Waals surface area (Å²) in [5, 5.41) is 13.0. The summed E-state index contributed by atoms with van der Waals surface area (Å²) in [6, 6.07) is 3.68. The molecule has 6 heteroatoms. The van der Waals surface area contributed by atoms with Gasteiger partial charge >= 0.3 is 0 Å². The first-order valence-electron chi connectivity index (χ1n) is 3.43. The van der Waals surface area contributed by atoms with E-state index in [1.54, 1.807) is 6.19 Å². The highest BCUT2D eigenvalue weighted by molar-refractivity contribution is 7.13. The summed E-state index contributed by atoms with van der Waals surface area (Å²) < 4.78 is 0. The van der Waals surface area contributed by atoms with Crippen LogP contribution in [-0.4, -0.2) is 13.0 Å². The van der Waals surface area contributed by atoms with Gasteiger partial charge in [0.25, 0.3) is 0 Å². The lowest BCUT2D eigenvalue weighted by molar-refractivity contribution is 1.22. The predicted molar refractivity (Wildman–Crippen MR) is 54.5 cm³/mol. The molecule has 0 spiro atoms. The van der Waals surface area contributed by atoms with Gasteiger partial charge in [-0.15, -0.1) is 11.3 Å². The second-order valence-electron chi connectivity index (χ2n) is 1.69.